The molecule has 2 atom stereocenters. The minimum atomic E-state index is -1.02. The van der Waals surface area contributed by atoms with Gasteiger partial charge in [-0.1, -0.05) is 6.92 Å². The zero-order chi connectivity index (χ0) is 7.44. The van der Waals surface area contributed by atoms with E-state index >= 15 is 0 Å². The molecule has 0 aromatic heterocycles. The lowest BCUT2D eigenvalue weighted by atomic mass is 10.1. The zero-order valence-corrected chi connectivity index (χ0v) is 5.60. The SMILES string of the molecule is C[C@H](F)C[C@H](C)C(=O)O. The summed E-state index contributed by atoms with van der Waals surface area (Å²) >= 11 is 0. The van der Waals surface area contributed by atoms with E-state index in [0.29, 0.717) is 0 Å². The number of halogens is 1. The lowest BCUT2D eigenvalue weighted by Gasteiger charge is -2.04. The van der Waals surface area contributed by atoms with Gasteiger partial charge in [0.25, 0.3) is 0 Å². The molecule has 0 fully saturated rings. The Labute approximate surface area is 53.7 Å². The molecule has 0 bridgehead atoms. The molecule has 54 valence electrons. The Morgan fingerprint density at radius 2 is 2.11 bits per heavy atom. The number of rotatable bonds is 3. The molecular weight excluding hydrogens is 123 g/mol. The summed E-state index contributed by atoms with van der Waals surface area (Å²) in [6, 6.07) is 0. The highest BCUT2D eigenvalue weighted by molar-refractivity contribution is 5.69. The number of hydrogen-bond donors (Lipinski definition) is 1. The Morgan fingerprint density at radius 3 is 2.22 bits per heavy atom. The largest absolute Gasteiger partial charge is 0.481 e. The van der Waals surface area contributed by atoms with Crippen LogP contribution in [0.1, 0.15) is 20.3 Å². The van der Waals surface area contributed by atoms with E-state index in [-0.39, 0.29) is 6.42 Å². The summed E-state index contributed by atoms with van der Waals surface area (Å²) in [6.45, 7) is 2.86. The van der Waals surface area contributed by atoms with Crippen LogP contribution in [0.2, 0.25) is 0 Å². The number of carboxylic acids is 1. The molecule has 0 aliphatic rings. The fourth-order valence-corrected chi connectivity index (χ4v) is 0.588. The molecule has 0 rings (SSSR count). The number of carboxylic acid groups (broad SMARTS) is 1. The smallest absolute Gasteiger partial charge is 0.306 e. The molecular formula is C6H11FO2. The van der Waals surface area contributed by atoms with E-state index in [0.717, 1.165) is 0 Å². The monoisotopic (exact) mass is 134 g/mol. The molecule has 0 saturated carbocycles. The third-order valence-electron chi connectivity index (χ3n) is 1.10. The van der Waals surface area contributed by atoms with Crippen LogP contribution in [0.5, 0.6) is 0 Å². The number of alkyl halides is 1. The van der Waals surface area contributed by atoms with Crippen LogP contribution in [0.3, 0.4) is 0 Å². The molecule has 9 heavy (non-hydrogen) atoms. The Balaban J connectivity index is 3.50. The molecule has 0 radical (unpaired) electrons. The van der Waals surface area contributed by atoms with Gasteiger partial charge < -0.3 is 5.11 Å². The molecule has 0 aliphatic carbocycles. The normalized spacial score (nSPS) is 16.8. The number of aliphatic carboxylic acids is 1. The maximum atomic E-state index is 12.0. The standard InChI is InChI=1S/C6H11FO2/c1-4(6(8)9)3-5(2)7/h4-5H,3H2,1-2H3,(H,8,9)/t4-,5-/m0/s1. The van der Waals surface area contributed by atoms with Crippen LogP contribution in [-0.2, 0) is 4.79 Å². The Morgan fingerprint density at radius 1 is 1.67 bits per heavy atom. The van der Waals surface area contributed by atoms with E-state index in [1.54, 1.807) is 0 Å². The zero-order valence-electron chi connectivity index (χ0n) is 5.60. The highest BCUT2D eigenvalue weighted by Gasteiger charge is 2.13. The summed E-state index contributed by atoms with van der Waals surface area (Å²) in [7, 11) is 0. The predicted molar refractivity (Wildman–Crippen MR) is 32.0 cm³/mol. The fraction of sp³-hybridized carbons (Fsp3) is 0.833. The summed E-state index contributed by atoms with van der Waals surface area (Å²) < 4.78 is 12.0. The number of carbonyl (C=O) groups is 1. The van der Waals surface area contributed by atoms with Gasteiger partial charge in [0.05, 0.1) is 12.1 Å². The summed E-state index contributed by atoms with van der Waals surface area (Å²) in [4.78, 5) is 10.1. The van der Waals surface area contributed by atoms with Crippen LogP contribution < -0.4 is 0 Å². The average molecular weight is 134 g/mol. The van der Waals surface area contributed by atoms with Gasteiger partial charge in [0, 0.05) is 0 Å². The van der Waals surface area contributed by atoms with Crippen LogP contribution in [0.4, 0.5) is 4.39 Å². The van der Waals surface area contributed by atoms with Crippen molar-refractivity contribution in [3.63, 3.8) is 0 Å². The van der Waals surface area contributed by atoms with Gasteiger partial charge in [-0.2, -0.15) is 0 Å². The molecule has 0 aromatic carbocycles. The third-order valence-corrected chi connectivity index (χ3v) is 1.10. The van der Waals surface area contributed by atoms with Crippen molar-refractivity contribution in [1.82, 2.24) is 0 Å². The van der Waals surface area contributed by atoms with Gasteiger partial charge >= 0.3 is 5.97 Å². The van der Waals surface area contributed by atoms with Crippen molar-refractivity contribution >= 4 is 5.97 Å². The van der Waals surface area contributed by atoms with Crippen LogP contribution in [-0.4, -0.2) is 17.2 Å². The van der Waals surface area contributed by atoms with Crippen molar-refractivity contribution in [2.24, 2.45) is 5.92 Å². The van der Waals surface area contributed by atoms with Gasteiger partial charge in [-0.3, -0.25) is 4.79 Å². The average Bonchev–Trinajstić information content (AvgIpc) is 1.63. The van der Waals surface area contributed by atoms with Gasteiger partial charge in [0.2, 0.25) is 0 Å². The first-order chi connectivity index (χ1) is 4.04. The van der Waals surface area contributed by atoms with Crippen molar-refractivity contribution in [2.45, 2.75) is 26.4 Å². The topological polar surface area (TPSA) is 37.3 Å². The van der Waals surface area contributed by atoms with Gasteiger partial charge in [0.1, 0.15) is 0 Å². The van der Waals surface area contributed by atoms with E-state index in [1.807, 2.05) is 0 Å². The lowest BCUT2D eigenvalue weighted by Crippen LogP contribution is -2.13. The van der Waals surface area contributed by atoms with Gasteiger partial charge in [0.15, 0.2) is 0 Å². The van der Waals surface area contributed by atoms with E-state index in [4.69, 9.17) is 5.11 Å². The summed E-state index contributed by atoms with van der Waals surface area (Å²) in [5.74, 6) is -1.50. The second-order valence-electron chi connectivity index (χ2n) is 2.26. The second kappa shape index (κ2) is 3.43. The van der Waals surface area contributed by atoms with Crippen LogP contribution in [0, 0.1) is 5.92 Å². The first-order valence-electron chi connectivity index (χ1n) is 2.91. The predicted octanol–water partition coefficient (Wildman–Crippen LogP) is 1.46. The first-order valence-corrected chi connectivity index (χ1v) is 2.91. The van der Waals surface area contributed by atoms with Crippen molar-refractivity contribution < 1.29 is 14.3 Å². The molecule has 0 heterocycles. The number of hydrogen-bond acceptors (Lipinski definition) is 1. The van der Waals surface area contributed by atoms with Crippen LogP contribution in [0.15, 0.2) is 0 Å². The highest BCUT2D eigenvalue weighted by atomic mass is 19.1. The molecule has 0 spiro atoms. The van der Waals surface area contributed by atoms with Crippen LogP contribution >= 0.6 is 0 Å². The summed E-state index contributed by atoms with van der Waals surface area (Å²) in [5, 5.41) is 8.26. The summed E-state index contributed by atoms with van der Waals surface area (Å²) in [5.41, 5.74) is 0. The molecule has 3 heteroatoms. The van der Waals surface area contributed by atoms with Crippen LogP contribution in [0.25, 0.3) is 0 Å². The van der Waals surface area contributed by atoms with Gasteiger partial charge in [-0.15, -0.1) is 0 Å². The first kappa shape index (κ1) is 8.40. The van der Waals surface area contributed by atoms with E-state index in [1.165, 1.54) is 13.8 Å². The van der Waals surface area contributed by atoms with Crippen molar-refractivity contribution in [3.05, 3.63) is 0 Å². The molecule has 0 amide bonds. The molecule has 0 aromatic rings. The second-order valence-corrected chi connectivity index (χ2v) is 2.26. The van der Waals surface area contributed by atoms with E-state index in [9.17, 15) is 9.18 Å². The van der Waals surface area contributed by atoms with Crippen molar-refractivity contribution in [3.8, 4) is 0 Å². The maximum Gasteiger partial charge on any atom is 0.306 e. The van der Waals surface area contributed by atoms with Crippen molar-refractivity contribution in [2.75, 3.05) is 0 Å². The Hall–Kier alpha value is -0.600. The molecule has 0 saturated heterocycles. The fourth-order valence-electron chi connectivity index (χ4n) is 0.588. The Kier molecular flexibility index (Phi) is 3.20. The molecule has 2 nitrogen and oxygen atoms in total. The molecule has 1 N–H and O–H groups in total. The highest BCUT2D eigenvalue weighted by Crippen LogP contribution is 2.07. The maximum absolute atomic E-state index is 12.0. The quantitative estimate of drug-likeness (QED) is 0.634. The van der Waals surface area contributed by atoms with E-state index in [2.05, 4.69) is 0 Å². The van der Waals surface area contributed by atoms with Crippen molar-refractivity contribution in [1.29, 1.82) is 0 Å². The third kappa shape index (κ3) is 3.94. The minimum Gasteiger partial charge on any atom is -0.481 e. The van der Waals surface area contributed by atoms with E-state index < -0.39 is 18.1 Å². The minimum absolute atomic E-state index is 0.106. The lowest BCUT2D eigenvalue weighted by molar-refractivity contribution is -0.141. The summed E-state index contributed by atoms with van der Waals surface area (Å²) in [6.07, 6.45) is -0.911. The molecule has 0 unspecified atom stereocenters. The van der Waals surface area contributed by atoms with Gasteiger partial charge in [-0.05, 0) is 13.3 Å². The molecule has 0 aliphatic heterocycles. The Bertz CT molecular complexity index is 101. The van der Waals surface area contributed by atoms with Gasteiger partial charge in [-0.25, -0.2) is 4.39 Å².